The van der Waals surface area contributed by atoms with Gasteiger partial charge in [-0.05, 0) is 31.4 Å². The highest BCUT2D eigenvalue weighted by Crippen LogP contribution is 2.26. The quantitative estimate of drug-likeness (QED) is 0.336. The van der Waals surface area contributed by atoms with Gasteiger partial charge in [0.15, 0.2) is 0 Å². The van der Waals surface area contributed by atoms with Gasteiger partial charge in [-0.15, -0.1) is 23.7 Å². The molecule has 0 spiro atoms. The average molecular weight is 222 g/mol. The molecule has 1 rings (SSSR count). The summed E-state index contributed by atoms with van der Waals surface area (Å²) in [6, 6.07) is 4.58. The van der Waals surface area contributed by atoms with Crippen LogP contribution in [-0.4, -0.2) is 0 Å². The number of aryl methyl sites for hydroxylation is 1. The predicted octanol–water partition coefficient (Wildman–Crippen LogP) is 2.62. The SMILES string of the molecule is C#CCCCC(NN)c1ccc(CC)s1. The molecule has 82 valence electrons. The minimum Gasteiger partial charge on any atom is -0.271 e. The maximum absolute atomic E-state index is 5.54. The normalized spacial score (nSPS) is 12.3. The Morgan fingerprint density at radius 2 is 2.40 bits per heavy atom. The second kappa shape index (κ2) is 6.62. The Hall–Kier alpha value is -0.820. The maximum atomic E-state index is 5.54. The zero-order chi connectivity index (χ0) is 11.1. The van der Waals surface area contributed by atoms with Gasteiger partial charge in [0.1, 0.15) is 0 Å². The summed E-state index contributed by atoms with van der Waals surface area (Å²) in [6.45, 7) is 2.17. The average Bonchev–Trinajstić information content (AvgIpc) is 2.73. The third-order valence-electron chi connectivity index (χ3n) is 2.39. The van der Waals surface area contributed by atoms with Crippen LogP contribution in [0.5, 0.6) is 0 Å². The molecule has 0 radical (unpaired) electrons. The first-order valence-electron chi connectivity index (χ1n) is 5.30. The van der Waals surface area contributed by atoms with E-state index in [1.54, 1.807) is 0 Å². The van der Waals surface area contributed by atoms with E-state index in [4.69, 9.17) is 12.3 Å². The molecular formula is C12H18N2S. The zero-order valence-corrected chi connectivity index (χ0v) is 9.94. The lowest BCUT2D eigenvalue weighted by Crippen LogP contribution is -2.27. The Balaban J connectivity index is 2.54. The fourth-order valence-corrected chi connectivity index (χ4v) is 2.54. The van der Waals surface area contributed by atoms with Gasteiger partial charge in [-0.1, -0.05) is 6.92 Å². The van der Waals surface area contributed by atoms with E-state index >= 15 is 0 Å². The summed E-state index contributed by atoms with van der Waals surface area (Å²) in [6.07, 6.45) is 9.16. The van der Waals surface area contributed by atoms with Crippen molar-refractivity contribution in [2.45, 2.75) is 38.6 Å². The number of unbranched alkanes of at least 4 members (excludes halogenated alkanes) is 1. The molecule has 1 heterocycles. The van der Waals surface area contributed by atoms with Crippen molar-refractivity contribution in [1.29, 1.82) is 0 Å². The van der Waals surface area contributed by atoms with Gasteiger partial charge in [-0.2, -0.15) is 0 Å². The van der Waals surface area contributed by atoms with E-state index in [2.05, 4.69) is 30.4 Å². The number of nitrogens with two attached hydrogens (primary N) is 1. The van der Waals surface area contributed by atoms with Gasteiger partial charge in [-0.25, -0.2) is 0 Å². The third kappa shape index (κ3) is 3.67. The molecule has 15 heavy (non-hydrogen) atoms. The molecule has 0 amide bonds. The number of hydrazine groups is 1. The van der Waals surface area contributed by atoms with Crippen LogP contribution in [0.3, 0.4) is 0 Å². The fraction of sp³-hybridized carbons (Fsp3) is 0.500. The van der Waals surface area contributed by atoms with Crippen molar-refractivity contribution in [2.24, 2.45) is 5.84 Å². The van der Waals surface area contributed by atoms with Gasteiger partial charge >= 0.3 is 0 Å². The summed E-state index contributed by atoms with van der Waals surface area (Å²) in [7, 11) is 0. The van der Waals surface area contributed by atoms with Crippen LogP contribution >= 0.6 is 11.3 Å². The van der Waals surface area contributed by atoms with Crippen LogP contribution in [0.2, 0.25) is 0 Å². The second-order valence-corrected chi connectivity index (χ2v) is 4.67. The van der Waals surface area contributed by atoms with Crippen LogP contribution in [0.25, 0.3) is 0 Å². The highest BCUT2D eigenvalue weighted by molar-refractivity contribution is 7.12. The van der Waals surface area contributed by atoms with Crippen LogP contribution < -0.4 is 11.3 Å². The Morgan fingerprint density at radius 1 is 1.60 bits per heavy atom. The number of terminal acetylenes is 1. The standard InChI is InChI=1S/C12H18N2S/c1-3-5-6-7-11(14-13)12-9-8-10(4-2)15-12/h1,8-9,11,14H,4-7,13H2,2H3. The van der Waals surface area contributed by atoms with Crippen molar-refractivity contribution in [2.75, 3.05) is 0 Å². The first-order chi connectivity index (χ1) is 7.31. The number of rotatable bonds is 6. The molecule has 0 bridgehead atoms. The largest absolute Gasteiger partial charge is 0.271 e. The molecule has 3 heteroatoms. The maximum Gasteiger partial charge on any atom is 0.0553 e. The molecule has 0 aromatic carbocycles. The molecule has 0 aliphatic heterocycles. The molecule has 1 atom stereocenters. The molecule has 1 unspecified atom stereocenters. The molecule has 0 aliphatic carbocycles. The Kier molecular flexibility index (Phi) is 5.41. The molecule has 1 aromatic rings. The second-order valence-electron chi connectivity index (χ2n) is 3.47. The third-order valence-corrected chi connectivity index (χ3v) is 3.73. The van der Waals surface area contributed by atoms with Gasteiger partial charge in [0.05, 0.1) is 6.04 Å². The first kappa shape index (κ1) is 12.3. The summed E-state index contributed by atoms with van der Waals surface area (Å²) in [4.78, 5) is 2.72. The fourth-order valence-electron chi connectivity index (χ4n) is 1.49. The summed E-state index contributed by atoms with van der Waals surface area (Å²) in [5, 5.41) is 0. The van der Waals surface area contributed by atoms with Crippen LogP contribution in [0, 0.1) is 12.3 Å². The first-order valence-corrected chi connectivity index (χ1v) is 6.11. The summed E-state index contributed by atoms with van der Waals surface area (Å²) < 4.78 is 0. The lowest BCUT2D eigenvalue weighted by Gasteiger charge is -2.12. The van der Waals surface area contributed by atoms with Crippen molar-refractivity contribution >= 4 is 11.3 Å². The van der Waals surface area contributed by atoms with Gasteiger partial charge < -0.3 is 0 Å². The van der Waals surface area contributed by atoms with Gasteiger partial charge in [-0.3, -0.25) is 11.3 Å². The monoisotopic (exact) mass is 222 g/mol. The molecule has 0 saturated heterocycles. The van der Waals surface area contributed by atoms with E-state index in [0.29, 0.717) is 0 Å². The van der Waals surface area contributed by atoms with Crippen LogP contribution in [0.1, 0.15) is 42.0 Å². The van der Waals surface area contributed by atoms with Crippen molar-refractivity contribution < 1.29 is 0 Å². The van der Waals surface area contributed by atoms with E-state index in [-0.39, 0.29) is 6.04 Å². The lowest BCUT2D eigenvalue weighted by molar-refractivity contribution is 0.509. The summed E-state index contributed by atoms with van der Waals surface area (Å²) >= 11 is 1.83. The predicted molar refractivity (Wildman–Crippen MR) is 66.4 cm³/mol. The Labute approximate surface area is 95.9 Å². The molecule has 2 nitrogen and oxygen atoms in total. The molecule has 0 saturated carbocycles. The van der Waals surface area contributed by atoms with Crippen molar-refractivity contribution in [1.82, 2.24) is 5.43 Å². The molecule has 0 fully saturated rings. The van der Waals surface area contributed by atoms with Crippen molar-refractivity contribution in [3.8, 4) is 12.3 Å². The van der Waals surface area contributed by atoms with Crippen molar-refractivity contribution in [3.05, 3.63) is 21.9 Å². The van der Waals surface area contributed by atoms with Gasteiger partial charge in [0.25, 0.3) is 0 Å². The highest BCUT2D eigenvalue weighted by atomic mass is 32.1. The van der Waals surface area contributed by atoms with Crippen LogP contribution in [0.4, 0.5) is 0 Å². The minimum atomic E-state index is 0.253. The number of nitrogens with one attached hydrogen (secondary N) is 1. The van der Waals surface area contributed by atoms with Crippen LogP contribution in [0.15, 0.2) is 12.1 Å². The summed E-state index contributed by atoms with van der Waals surface area (Å²) in [5.41, 5.74) is 2.86. The van der Waals surface area contributed by atoms with E-state index in [1.807, 2.05) is 11.3 Å². The van der Waals surface area contributed by atoms with E-state index < -0.39 is 0 Å². The van der Waals surface area contributed by atoms with E-state index in [1.165, 1.54) is 9.75 Å². The Bertz CT molecular complexity index is 325. The Morgan fingerprint density at radius 3 is 2.93 bits per heavy atom. The number of hydrogen-bond acceptors (Lipinski definition) is 3. The zero-order valence-electron chi connectivity index (χ0n) is 9.12. The summed E-state index contributed by atoms with van der Waals surface area (Å²) in [5.74, 6) is 8.19. The lowest BCUT2D eigenvalue weighted by atomic mass is 10.1. The molecule has 3 N–H and O–H groups in total. The molecular weight excluding hydrogens is 204 g/mol. The van der Waals surface area contributed by atoms with Crippen LogP contribution in [-0.2, 0) is 6.42 Å². The van der Waals surface area contributed by atoms with Gasteiger partial charge in [0.2, 0.25) is 0 Å². The smallest absolute Gasteiger partial charge is 0.0553 e. The minimum absolute atomic E-state index is 0.253. The molecule has 1 aromatic heterocycles. The van der Waals surface area contributed by atoms with Crippen molar-refractivity contribution in [3.63, 3.8) is 0 Å². The number of thiophene rings is 1. The van der Waals surface area contributed by atoms with E-state index in [9.17, 15) is 0 Å². The topological polar surface area (TPSA) is 38.0 Å². The highest BCUT2D eigenvalue weighted by Gasteiger charge is 2.11. The van der Waals surface area contributed by atoms with E-state index in [0.717, 1.165) is 25.7 Å². The molecule has 0 aliphatic rings. The van der Waals surface area contributed by atoms with Gasteiger partial charge in [0, 0.05) is 16.2 Å². The number of hydrogen-bond donors (Lipinski definition) is 2.